The number of hydrogen-bond donors (Lipinski definition) is 1. The van der Waals surface area contributed by atoms with Crippen molar-refractivity contribution in [3.63, 3.8) is 0 Å². The summed E-state index contributed by atoms with van der Waals surface area (Å²) in [4.78, 5) is 28.8. The summed E-state index contributed by atoms with van der Waals surface area (Å²) < 4.78 is 27.8. The van der Waals surface area contributed by atoms with Crippen LogP contribution in [0.25, 0.3) is 0 Å². The Hall–Kier alpha value is -3.17. The largest absolute Gasteiger partial charge is 0.355 e. The van der Waals surface area contributed by atoms with Crippen LogP contribution in [0, 0.1) is 13.8 Å². The first kappa shape index (κ1) is 29.4. The van der Waals surface area contributed by atoms with E-state index in [4.69, 9.17) is 0 Å². The fraction of sp³-hybridized carbons (Fsp3) is 0.310. The highest BCUT2D eigenvalue weighted by Crippen LogP contribution is 2.23. The molecule has 0 aliphatic rings. The molecule has 0 bridgehead atoms. The summed E-state index contributed by atoms with van der Waals surface area (Å²) in [5.41, 5.74) is 3.90. The minimum atomic E-state index is -3.79. The van der Waals surface area contributed by atoms with Crippen LogP contribution in [0.1, 0.15) is 29.2 Å². The van der Waals surface area contributed by atoms with Crippen LogP contribution in [0.2, 0.25) is 0 Å². The summed E-state index contributed by atoms with van der Waals surface area (Å²) in [5.74, 6) is -0.760. The van der Waals surface area contributed by atoms with E-state index in [-0.39, 0.29) is 18.9 Å². The van der Waals surface area contributed by atoms with Gasteiger partial charge in [0.15, 0.2) is 0 Å². The van der Waals surface area contributed by atoms with Gasteiger partial charge in [0.25, 0.3) is 0 Å². The van der Waals surface area contributed by atoms with Gasteiger partial charge >= 0.3 is 0 Å². The number of nitrogens with zero attached hydrogens (tertiary/aromatic N) is 2. The maximum absolute atomic E-state index is 14.0. The van der Waals surface area contributed by atoms with E-state index >= 15 is 0 Å². The second kappa shape index (κ2) is 13.1. The molecule has 1 N–H and O–H groups in total. The van der Waals surface area contributed by atoms with Gasteiger partial charge in [-0.3, -0.25) is 13.9 Å². The van der Waals surface area contributed by atoms with E-state index in [0.717, 1.165) is 37.3 Å². The average Bonchev–Trinajstić information content (AvgIpc) is 2.85. The highest BCUT2D eigenvalue weighted by Gasteiger charge is 2.32. The first-order chi connectivity index (χ1) is 18.0. The van der Waals surface area contributed by atoms with Gasteiger partial charge in [-0.05, 0) is 67.3 Å². The molecule has 3 rings (SSSR count). The van der Waals surface area contributed by atoms with Crippen LogP contribution >= 0.6 is 15.9 Å². The quantitative estimate of drug-likeness (QED) is 0.349. The number of amides is 2. The van der Waals surface area contributed by atoms with E-state index in [2.05, 4.69) is 21.2 Å². The molecule has 0 heterocycles. The molecule has 202 valence electrons. The number of rotatable bonds is 11. The number of benzene rings is 3. The summed E-state index contributed by atoms with van der Waals surface area (Å²) in [6, 6.07) is 21.6. The molecule has 2 amide bonds. The van der Waals surface area contributed by atoms with Crippen molar-refractivity contribution in [2.45, 2.75) is 39.8 Å². The normalized spacial score (nSPS) is 12.0. The van der Waals surface area contributed by atoms with Gasteiger partial charge < -0.3 is 10.2 Å². The van der Waals surface area contributed by atoms with Gasteiger partial charge in [-0.25, -0.2) is 8.42 Å². The maximum atomic E-state index is 14.0. The number of hydrogen-bond acceptors (Lipinski definition) is 4. The summed E-state index contributed by atoms with van der Waals surface area (Å²) in [6.07, 6.45) is 1.37. The molecule has 7 nitrogen and oxygen atoms in total. The van der Waals surface area contributed by atoms with Crippen molar-refractivity contribution in [3.05, 3.63) is 99.5 Å². The molecule has 0 fully saturated rings. The summed E-state index contributed by atoms with van der Waals surface area (Å²) >= 11 is 3.43. The molecule has 9 heteroatoms. The molecule has 0 aromatic heterocycles. The zero-order chi connectivity index (χ0) is 27.9. The van der Waals surface area contributed by atoms with E-state index in [1.165, 1.54) is 4.90 Å². The summed E-state index contributed by atoms with van der Waals surface area (Å²) in [7, 11) is -3.79. The highest BCUT2D eigenvalue weighted by atomic mass is 79.9. The van der Waals surface area contributed by atoms with E-state index in [9.17, 15) is 18.0 Å². The Labute approximate surface area is 234 Å². The smallest absolute Gasteiger partial charge is 0.244 e. The van der Waals surface area contributed by atoms with Crippen LogP contribution in [0.3, 0.4) is 0 Å². The topological polar surface area (TPSA) is 86.8 Å². The number of carbonyl (C=O) groups excluding carboxylic acids is 2. The lowest BCUT2D eigenvalue weighted by Crippen LogP contribution is -2.53. The Morgan fingerprint density at radius 3 is 2.08 bits per heavy atom. The molecule has 0 aliphatic carbocycles. The van der Waals surface area contributed by atoms with Crippen LogP contribution in [0.15, 0.2) is 77.3 Å². The van der Waals surface area contributed by atoms with Gasteiger partial charge in [0.05, 0.1) is 11.9 Å². The van der Waals surface area contributed by atoms with Gasteiger partial charge in [0.1, 0.15) is 12.6 Å². The lowest BCUT2D eigenvalue weighted by atomic mass is 10.0. The van der Waals surface area contributed by atoms with Crippen molar-refractivity contribution in [1.29, 1.82) is 0 Å². The number of sulfonamides is 1. The lowest BCUT2D eigenvalue weighted by molar-refractivity contribution is -0.140. The zero-order valence-electron chi connectivity index (χ0n) is 22.1. The predicted molar refractivity (Wildman–Crippen MR) is 155 cm³/mol. The molecule has 3 aromatic rings. The second-order valence-electron chi connectivity index (χ2n) is 9.36. The number of anilines is 1. The van der Waals surface area contributed by atoms with Gasteiger partial charge in [0.2, 0.25) is 21.8 Å². The third kappa shape index (κ3) is 8.16. The van der Waals surface area contributed by atoms with Crippen molar-refractivity contribution in [3.8, 4) is 0 Å². The number of nitrogens with one attached hydrogen (secondary N) is 1. The van der Waals surface area contributed by atoms with Gasteiger partial charge in [-0.15, -0.1) is 0 Å². The number of aryl methyl sites for hydroxylation is 2. The molecule has 0 saturated carbocycles. The Bertz CT molecular complexity index is 1340. The molecule has 0 saturated heterocycles. The van der Waals surface area contributed by atoms with Crippen molar-refractivity contribution < 1.29 is 18.0 Å². The van der Waals surface area contributed by atoms with Gasteiger partial charge in [0, 0.05) is 24.0 Å². The second-order valence-corrected chi connectivity index (χ2v) is 12.2. The molecule has 0 spiro atoms. The van der Waals surface area contributed by atoms with E-state index < -0.39 is 28.5 Å². The lowest BCUT2D eigenvalue weighted by Gasteiger charge is -2.33. The van der Waals surface area contributed by atoms with Gasteiger partial charge in [-0.2, -0.15) is 0 Å². The third-order valence-corrected chi connectivity index (χ3v) is 7.73. The number of halogens is 1. The molecular weight excluding hydrogens is 566 g/mol. The van der Waals surface area contributed by atoms with E-state index in [0.29, 0.717) is 12.2 Å². The van der Waals surface area contributed by atoms with Crippen LogP contribution in [0.4, 0.5) is 5.69 Å². The number of likely N-dealkylation sites (N-methyl/N-ethyl adjacent to an activating group) is 1. The van der Waals surface area contributed by atoms with Crippen molar-refractivity contribution >= 4 is 43.5 Å². The summed E-state index contributed by atoms with van der Waals surface area (Å²) in [6.45, 7) is 5.70. The summed E-state index contributed by atoms with van der Waals surface area (Å²) in [5, 5.41) is 2.85. The first-order valence-corrected chi connectivity index (χ1v) is 15.0. The molecule has 38 heavy (non-hydrogen) atoms. The fourth-order valence-corrected chi connectivity index (χ4v) is 5.44. The number of carbonyl (C=O) groups is 2. The highest BCUT2D eigenvalue weighted by molar-refractivity contribution is 9.10. The third-order valence-electron chi connectivity index (χ3n) is 6.06. The predicted octanol–water partition coefficient (Wildman–Crippen LogP) is 4.61. The van der Waals surface area contributed by atoms with Crippen LogP contribution in [-0.2, 0) is 32.6 Å². The van der Waals surface area contributed by atoms with Crippen LogP contribution in [0.5, 0.6) is 0 Å². The Morgan fingerprint density at radius 1 is 0.921 bits per heavy atom. The minimum absolute atomic E-state index is 0.144. The molecule has 0 aliphatic heterocycles. The monoisotopic (exact) mass is 599 g/mol. The molecule has 0 radical (unpaired) electrons. The van der Waals surface area contributed by atoms with Crippen LogP contribution < -0.4 is 9.62 Å². The average molecular weight is 601 g/mol. The Balaban J connectivity index is 2.05. The zero-order valence-corrected chi connectivity index (χ0v) is 24.6. The SMILES string of the molecule is CCNC(=O)[C@H](Cc1ccccc1)N(Cc1ccc(Br)cc1)C(=O)CN(c1cc(C)cc(C)c1)S(C)(=O)=O. The van der Waals surface area contributed by atoms with Crippen LogP contribution in [-0.4, -0.2) is 50.5 Å². The van der Waals surface area contributed by atoms with E-state index in [1.54, 1.807) is 12.1 Å². The first-order valence-electron chi connectivity index (χ1n) is 12.4. The maximum Gasteiger partial charge on any atom is 0.244 e. The van der Waals surface area contributed by atoms with Gasteiger partial charge in [-0.1, -0.05) is 64.5 Å². The molecule has 1 atom stereocenters. The fourth-order valence-electron chi connectivity index (χ4n) is 4.34. The Morgan fingerprint density at radius 2 is 1.53 bits per heavy atom. The Kier molecular flexibility index (Phi) is 10.1. The molecular formula is C29H34BrN3O4S. The minimum Gasteiger partial charge on any atom is -0.355 e. The van der Waals surface area contributed by atoms with Crippen molar-refractivity contribution in [2.75, 3.05) is 23.7 Å². The molecule has 3 aromatic carbocycles. The standard InChI is InChI=1S/C29H34BrN3O4S/c1-5-31-29(35)27(18-23-9-7-6-8-10-23)32(19-24-11-13-25(30)14-12-24)28(34)20-33(38(4,36)37)26-16-21(2)15-22(3)17-26/h6-17,27H,5,18-20H2,1-4H3,(H,31,35)/t27-/m0/s1. The van der Waals surface area contributed by atoms with Crippen molar-refractivity contribution in [2.24, 2.45) is 0 Å². The van der Waals surface area contributed by atoms with Crippen molar-refractivity contribution in [1.82, 2.24) is 10.2 Å². The molecule has 0 unspecified atom stereocenters. The van der Waals surface area contributed by atoms with E-state index in [1.807, 2.05) is 81.4 Å².